The van der Waals surface area contributed by atoms with Crippen molar-refractivity contribution in [3.8, 4) is 17.2 Å². The number of nitrogens with zero attached hydrogens (tertiary/aromatic N) is 4. The van der Waals surface area contributed by atoms with Crippen LogP contribution in [0.4, 0.5) is 5.82 Å². The second-order valence-corrected chi connectivity index (χ2v) is 17.6. The minimum Gasteiger partial charge on any atom is -0.493 e. The minimum absolute atomic E-state index is 0.0132. The van der Waals surface area contributed by atoms with Gasteiger partial charge in [-0.25, -0.2) is 15.0 Å². The van der Waals surface area contributed by atoms with Gasteiger partial charge in [0.1, 0.15) is 47.3 Å². The Morgan fingerprint density at radius 2 is 1.70 bits per heavy atom. The maximum atomic E-state index is 14.2. The van der Waals surface area contributed by atoms with Gasteiger partial charge in [0.25, 0.3) is 0 Å². The Labute approximate surface area is 369 Å². The van der Waals surface area contributed by atoms with Gasteiger partial charge in [0.05, 0.1) is 30.8 Å². The van der Waals surface area contributed by atoms with E-state index in [1.54, 1.807) is 50.7 Å². The maximum absolute atomic E-state index is 14.2. The first kappa shape index (κ1) is 44.0. The lowest BCUT2D eigenvalue weighted by molar-refractivity contribution is -0.139. The van der Waals surface area contributed by atoms with E-state index in [-0.39, 0.29) is 48.8 Å². The molecule has 1 saturated heterocycles. The standard InChI is InChI=1S/C46H54BrN7O6S/c1-27(31-14-9-16-33(47)22-31)49-43-35-24-39(58-5)40(25-36(35)50-29(3)51-43)60-21-20-59-34-17-10-15-32(23-34)42(55)37-26-61-45(52-37)38-18-11-19-54(38)46(57)41(30-12-7-6-8-13-30)53-44(56)28(2)48-4/h9-10,14-17,22-28,30,38,41,48H,6-8,11-13,18-21H2,1-5H3,(H,53,56)(H,49,50,51)/t27-,28+,38+,41+/m1/s1. The summed E-state index contributed by atoms with van der Waals surface area (Å²) < 4.78 is 18.9. The number of amides is 2. The van der Waals surface area contributed by atoms with Gasteiger partial charge in [0.2, 0.25) is 17.6 Å². The molecule has 7 rings (SSSR count). The van der Waals surface area contributed by atoms with E-state index in [0.29, 0.717) is 52.2 Å². The van der Waals surface area contributed by atoms with Gasteiger partial charge in [-0.1, -0.05) is 59.5 Å². The van der Waals surface area contributed by atoms with Crippen LogP contribution in [0, 0.1) is 12.8 Å². The van der Waals surface area contributed by atoms with Crippen LogP contribution in [0.15, 0.2) is 70.5 Å². The first-order valence-corrected chi connectivity index (χ1v) is 22.7. The van der Waals surface area contributed by atoms with E-state index in [0.717, 1.165) is 65.4 Å². The molecule has 2 fully saturated rings. The van der Waals surface area contributed by atoms with E-state index in [1.165, 1.54) is 11.3 Å². The molecule has 1 aliphatic carbocycles. The van der Waals surface area contributed by atoms with Crippen LogP contribution in [0.1, 0.15) is 103 Å². The van der Waals surface area contributed by atoms with Crippen LogP contribution in [0.3, 0.4) is 0 Å². The van der Waals surface area contributed by atoms with Gasteiger partial charge in [-0.2, -0.15) is 0 Å². The van der Waals surface area contributed by atoms with Crippen molar-refractivity contribution < 1.29 is 28.6 Å². The highest BCUT2D eigenvalue weighted by molar-refractivity contribution is 9.10. The molecule has 61 heavy (non-hydrogen) atoms. The highest BCUT2D eigenvalue weighted by Crippen LogP contribution is 2.38. The fraction of sp³-hybridized carbons (Fsp3) is 0.435. The third-order valence-electron chi connectivity index (χ3n) is 11.6. The van der Waals surface area contributed by atoms with Gasteiger partial charge < -0.3 is 35.1 Å². The van der Waals surface area contributed by atoms with E-state index < -0.39 is 12.1 Å². The molecule has 15 heteroatoms. The number of ketones is 1. The van der Waals surface area contributed by atoms with Crippen molar-refractivity contribution in [2.75, 3.05) is 39.2 Å². The van der Waals surface area contributed by atoms with Gasteiger partial charge in [-0.05, 0) is 95.3 Å². The van der Waals surface area contributed by atoms with E-state index >= 15 is 0 Å². The second-order valence-electron chi connectivity index (χ2n) is 15.8. The van der Waals surface area contributed by atoms with Crippen molar-refractivity contribution in [3.05, 3.63) is 98.2 Å². The van der Waals surface area contributed by atoms with Gasteiger partial charge in [0, 0.05) is 33.4 Å². The van der Waals surface area contributed by atoms with E-state index in [4.69, 9.17) is 24.2 Å². The molecule has 2 aromatic heterocycles. The Morgan fingerprint density at radius 3 is 2.48 bits per heavy atom. The smallest absolute Gasteiger partial charge is 0.246 e. The minimum atomic E-state index is -0.583. The number of methoxy groups -OCH3 is 1. The number of nitrogens with one attached hydrogen (secondary N) is 3. The summed E-state index contributed by atoms with van der Waals surface area (Å²) in [7, 11) is 3.33. The largest absolute Gasteiger partial charge is 0.493 e. The molecule has 0 spiro atoms. The number of anilines is 1. The molecular formula is C46H54BrN7O6S. The maximum Gasteiger partial charge on any atom is 0.246 e. The molecule has 1 saturated carbocycles. The Kier molecular flexibility index (Phi) is 14.5. The fourth-order valence-electron chi connectivity index (χ4n) is 8.15. The van der Waals surface area contributed by atoms with Crippen LogP contribution < -0.4 is 30.2 Å². The normalized spacial score (nSPS) is 17.1. The van der Waals surface area contributed by atoms with Crippen molar-refractivity contribution in [1.29, 1.82) is 0 Å². The van der Waals surface area contributed by atoms with Crippen LogP contribution in [0.25, 0.3) is 10.9 Å². The van der Waals surface area contributed by atoms with Crippen LogP contribution in [0.5, 0.6) is 17.2 Å². The predicted octanol–water partition coefficient (Wildman–Crippen LogP) is 8.36. The van der Waals surface area contributed by atoms with Crippen LogP contribution in [0.2, 0.25) is 0 Å². The quantitative estimate of drug-likeness (QED) is 0.0609. The zero-order chi connectivity index (χ0) is 43.0. The molecule has 0 bridgehead atoms. The summed E-state index contributed by atoms with van der Waals surface area (Å²) in [6.45, 7) is 6.74. The summed E-state index contributed by atoms with van der Waals surface area (Å²) in [6.07, 6.45) is 6.66. The van der Waals surface area contributed by atoms with Crippen LogP contribution in [-0.4, -0.2) is 83.4 Å². The van der Waals surface area contributed by atoms with Crippen molar-refractivity contribution in [2.45, 2.75) is 89.9 Å². The van der Waals surface area contributed by atoms with E-state index in [2.05, 4.69) is 55.9 Å². The zero-order valence-corrected chi connectivity index (χ0v) is 37.7. The van der Waals surface area contributed by atoms with Crippen molar-refractivity contribution in [1.82, 2.24) is 30.5 Å². The Hall–Kier alpha value is -5.12. The summed E-state index contributed by atoms with van der Waals surface area (Å²) >= 11 is 4.95. The van der Waals surface area contributed by atoms with Gasteiger partial charge >= 0.3 is 0 Å². The SMILES string of the molecule is CN[C@@H](C)C(=O)N[C@H](C(=O)N1CCC[C@H]1c1nc(C(=O)c2cccc(OCCOc3cc4nc(C)nc(N[C@H](C)c5cccc(Br)c5)c4cc3OC)c2)cs1)C1CCCCC1. The van der Waals surface area contributed by atoms with Crippen LogP contribution >= 0.6 is 27.3 Å². The summed E-state index contributed by atoms with van der Waals surface area (Å²) in [5.41, 5.74) is 2.59. The lowest BCUT2D eigenvalue weighted by atomic mass is 9.83. The number of rotatable bonds is 17. The average Bonchev–Trinajstić information content (AvgIpc) is 3.97. The highest BCUT2D eigenvalue weighted by atomic mass is 79.9. The van der Waals surface area contributed by atoms with Gasteiger partial charge in [-0.3, -0.25) is 14.4 Å². The number of thiazole rings is 1. The third-order valence-corrected chi connectivity index (χ3v) is 13.0. The number of aryl methyl sites for hydroxylation is 1. The van der Waals surface area contributed by atoms with E-state index in [1.807, 2.05) is 36.1 Å². The number of hydrogen-bond acceptors (Lipinski definition) is 12. The number of ether oxygens (including phenoxy) is 3. The fourth-order valence-corrected chi connectivity index (χ4v) is 9.52. The number of likely N-dealkylation sites (tertiary alicyclic amines) is 1. The lowest BCUT2D eigenvalue weighted by Crippen LogP contribution is -2.55. The summed E-state index contributed by atoms with van der Waals surface area (Å²) in [5, 5.41) is 12.9. The number of carbonyl (C=O) groups excluding carboxylic acids is 3. The summed E-state index contributed by atoms with van der Waals surface area (Å²) in [5.74, 6) is 2.52. The molecule has 3 N–H and O–H groups in total. The second kappa shape index (κ2) is 20.2. The first-order valence-electron chi connectivity index (χ1n) is 21.0. The molecule has 0 unspecified atom stereocenters. The molecule has 3 aromatic carbocycles. The van der Waals surface area contributed by atoms with Crippen molar-refractivity contribution in [3.63, 3.8) is 0 Å². The number of benzene rings is 3. The van der Waals surface area contributed by atoms with E-state index in [9.17, 15) is 14.4 Å². The zero-order valence-electron chi connectivity index (χ0n) is 35.3. The summed E-state index contributed by atoms with van der Waals surface area (Å²) in [4.78, 5) is 57.0. The lowest BCUT2D eigenvalue weighted by Gasteiger charge is -2.35. The number of halogens is 1. The Morgan fingerprint density at radius 1 is 0.918 bits per heavy atom. The molecule has 2 amide bonds. The topological polar surface area (TPSA) is 157 Å². The molecule has 0 radical (unpaired) electrons. The molecule has 3 heterocycles. The Bertz CT molecular complexity index is 2350. The number of hydrogen-bond donors (Lipinski definition) is 3. The molecule has 4 atom stereocenters. The first-order chi connectivity index (χ1) is 29.5. The molecule has 2 aliphatic rings. The third kappa shape index (κ3) is 10.5. The monoisotopic (exact) mass is 911 g/mol. The highest BCUT2D eigenvalue weighted by Gasteiger charge is 2.40. The Balaban J connectivity index is 0.977. The van der Waals surface area contributed by atoms with Crippen LogP contribution in [-0.2, 0) is 9.59 Å². The average molecular weight is 913 g/mol. The number of likely N-dealkylation sites (N-methyl/N-ethyl adjacent to an activating group) is 1. The number of carbonyl (C=O) groups is 3. The molecule has 13 nitrogen and oxygen atoms in total. The van der Waals surface area contributed by atoms with Gasteiger partial charge in [0.15, 0.2) is 11.5 Å². The molecule has 1 aliphatic heterocycles. The molecule has 5 aromatic rings. The number of fused-ring (bicyclic) bond motifs is 1. The van der Waals surface area contributed by atoms with Crippen molar-refractivity contribution >= 4 is 61.6 Å². The van der Waals surface area contributed by atoms with Crippen molar-refractivity contribution in [2.24, 2.45) is 5.92 Å². The molecule has 322 valence electrons. The summed E-state index contributed by atoms with van der Waals surface area (Å²) in [6, 6.07) is 17.6. The number of aromatic nitrogens is 3. The predicted molar refractivity (Wildman–Crippen MR) is 241 cm³/mol. The molecular weight excluding hydrogens is 859 g/mol. The van der Waals surface area contributed by atoms with Gasteiger partial charge in [-0.15, -0.1) is 11.3 Å².